The van der Waals surface area contributed by atoms with Crippen molar-refractivity contribution >= 4 is 33.2 Å². The third-order valence-corrected chi connectivity index (χ3v) is 3.83. The number of pyridine rings is 1. The first-order valence-electron chi connectivity index (χ1n) is 7.29. The van der Waals surface area contributed by atoms with Crippen LogP contribution in [0.25, 0.3) is 5.65 Å². The van der Waals surface area contributed by atoms with Gasteiger partial charge >= 0.3 is 0 Å². The van der Waals surface area contributed by atoms with E-state index in [-0.39, 0.29) is 6.61 Å². The molecule has 0 spiro atoms. The molecule has 0 aliphatic rings. The van der Waals surface area contributed by atoms with Gasteiger partial charge in [0.05, 0.1) is 10.7 Å². The first-order chi connectivity index (χ1) is 11.3. The van der Waals surface area contributed by atoms with Crippen LogP contribution in [-0.4, -0.2) is 37.8 Å². The van der Waals surface area contributed by atoms with Crippen molar-refractivity contribution in [3.05, 3.63) is 46.8 Å². The van der Waals surface area contributed by atoms with Crippen LogP contribution in [0.2, 0.25) is 0 Å². The molecule has 0 unspecified atom stereocenters. The maximum absolute atomic E-state index is 8.89. The highest BCUT2D eigenvalue weighted by molar-refractivity contribution is 9.10. The Balaban J connectivity index is 1.84. The van der Waals surface area contributed by atoms with E-state index in [1.54, 1.807) is 16.9 Å². The van der Waals surface area contributed by atoms with Gasteiger partial charge in [-0.05, 0) is 34.0 Å². The van der Waals surface area contributed by atoms with Gasteiger partial charge in [0.1, 0.15) is 11.6 Å². The molecule has 3 rings (SSSR count). The topological polar surface area (TPSA) is 87.4 Å². The largest absolute Gasteiger partial charge is 0.396 e. The maximum Gasteiger partial charge on any atom is 0.173 e. The smallest absolute Gasteiger partial charge is 0.173 e. The van der Waals surface area contributed by atoms with Crippen LogP contribution >= 0.6 is 15.9 Å². The fourth-order valence-corrected chi connectivity index (χ4v) is 2.49. The Morgan fingerprint density at radius 3 is 2.96 bits per heavy atom. The molecule has 0 amide bonds. The molecule has 23 heavy (non-hydrogen) atoms. The van der Waals surface area contributed by atoms with Gasteiger partial charge in [0.2, 0.25) is 0 Å². The molecule has 8 heteroatoms. The van der Waals surface area contributed by atoms with Crippen molar-refractivity contribution in [1.82, 2.24) is 19.6 Å². The summed E-state index contributed by atoms with van der Waals surface area (Å²) in [6, 6.07) is 5.82. The highest BCUT2D eigenvalue weighted by Gasteiger charge is 2.10. The van der Waals surface area contributed by atoms with Crippen LogP contribution in [0.15, 0.2) is 41.3 Å². The minimum atomic E-state index is 0.151. The Morgan fingerprint density at radius 2 is 2.17 bits per heavy atom. The third-order valence-electron chi connectivity index (χ3n) is 3.27. The van der Waals surface area contributed by atoms with Gasteiger partial charge in [0, 0.05) is 38.2 Å². The molecule has 3 heterocycles. The van der Waals surface area contributed by atoms with Crippen molar-refractivity contribution in [2.75, 3.05) is 23.8 Å². The first kappa shape index (κ1) is 15.7. The van der Waals surface area contributed by atoms with Gasteiger partial charge in [-0.1, -0.05) is 6.07 Å². The van der Waals surface area contributed by atoms with E-state index in [9.17, 15) is 0 Å². The zero-order chi connectivity index (χ0) is 16.1. The highest BCUT2D eigenvalue weighted by Crippen LogP contribution is 2.22. The number of nitrogens with one attached hydrogen (secondary N) is 2. The minimum absolute atomic E-state index is 0.151. The van der Waals surface area contributed by atoms with Gasteiger partial charge in [-0.3, -0.25) is 4.98 Å². The summed E-state index contributed by atoms with van der Waals surface area (Å²) < 4.78 is 2.57. The number of aliphatic hydroxyl groups is 1. The minimum Gasteiger partial charge on any atom is -0.396 e. The summed E-state index contributed by atoms with van der Waals surface area (Å²) in [6.07, 6.45) is 5.97. The average Bonchev–Trinajstić information content (AvgIpc) is 2.95. The summed E-state index contributed by atoms with van der Waals surface area (Å²) in [7, 11) is 0. The fraction of sp³-hybridized carbons (Fsp3) is 0.267. The molecule has 0 aliphatic carbocycles. The lowest BCUT2D eigenvalue weighted by Gasteiger charge is -2.11. The SMILES string of the molecule is OCCCNc1cc(NCc2cccnc2)n2ncc(Br)c2n1. The zero-order valence-electron chi connectivity index (χ0n) is 12.4. The lowest BCUT2D eigenvalue weighted by molar-refractivity contribution is 0.292. The number of nitrogens with zero attached hydrogens (tertiary/aromatic N) is 4. The molecule has 3 N–H and O–H groups in total. The molecular formula is C15H17BrN6O. The number of fused-ring (bicyclic) bond motifs is 1. The summed E-state index contributed by atoms with van der Waals surface area (Å²) >= 11 is 3.46. The molecule has 0 atom stereocenters. The number of halogens is 1. The van der Waals surface area contributed by atoms with E-state index in [2.05, 4.69) is 41.6 Å². The Kier molecular flexibility index (Phi) is 5.04. The monoisotopic (exact) mass is 376 g/mol. The number of aromatic nitrogens is 4. The summed E-state index contributed by atoms with van der Waals surface area (Å²) in [6.45, 7) is 1.45. The molecule has 0 saturated heterocycles. The van der Waals surface area contributed by atoms with Crippen molar-refractivity contribution in [2.24, 2.45) is 0 Å². The van der Waals surface area contributed by atoms with Crippen molar-refractivity contribution in [1.29, 1.82) is 0 Å². The number of aliphatic hydroxyl groups excluding tert-OH is 1. The standard InChI is InChI=1S/C15H17BrN6O/c16-12-10-20-22-14(19-9-11-3-1-4-17-8-11)7-13(21-15(12)22)18-5-2-6-23/h1,3-4,7-8,10,19,23H,2,5-6,9H2,(H,18,21). The van der Waals surface area contributed by atoms with Crippen LogP contribution < -0.4 is 10.6 Å². The predicted molar refractivity (Wildman–Crippen MR) is 92.4 cm³/mol. The fourth-order valence-electron chi connectivity index (χ4n) is 2.14. The molecule has 0 bridgehead atoms. The van der Waals surface area contributed by atoms with E-state index < -0.39 is 0 Å². The van der Waals surface area contributed by atoms with E-state index in [0.717, 1.165) is 27.3 Å². The zero-order valence-corrected chi connectivity index (χ0v) is 14.0. The normalized spacial score (nSPS) is 10.9. The van der Waals surface area contributed by atoms with Crippen LogP contribution in [0.1, 0.15) is 12.0 Å². The quantitative estimate of drug-likeness (QED) is 0.548. The van der Waals surface area contributed by atoms with Crippen molar-refractivity contribution in [3.63, 3.8) is 0 Å². The molecule has 0 aliphatic heterocycles. The molecule has 3 aromatic heterocycles. The molecule has 3 aromatic rings. The van der Waals surface area contributed by atoms with Crippen LogP contribution in [0.4, 0.5) is 11.6 Å². The Morgan fingerprint density at radius 1 is 1.26 bits per heavy atom. The second kappa shape index (κ2) is 7.38. The first-order valence-corrected chi connectivity index (χ1v) is 8.09. The number of hydrogen-bond donors (Lipinski definition) is 3. The van der Waals surface area contributed by atoms with Gasteiger partial charge in [-0.2, -0.15) is 9.61 Å². The second-order valence-electron chi connectivity index (χ2n) is 4.97. The number of anilines is 2. The van der Waals surface area contributed by atoms with Crippen LogP contribution in [0, 0.1) is 0 Å². The number of rotatable bonds is 7. The third kappa shape index (κ3) is 3.77. The van der Waals surface area contributed by atoms with Crippen molar-refractivity contribution < 1.29 is 5.11 Å². The van der Waals surface area contributed by atoms with Crippen LogP contribution in [-0.2, 0) is 6.54 Å². The molecule has 0 saturated carbocycles. The van der Waals surface area contributed by atoms with Crippen LogP contribution in [0.5, 0.6) is 0 Å². The lowest BCUT2D eigenvalue weighted by Crippen LogP contribution is -2.10. The molecule has 7 nitrogen and oxygen atoms in total. The molecule has 120 valence electrons. The summed E-state index contributed by atoms with van der Waals surface area (Å²) in [5, 5.41) is 19.8. The van der Waals surface area contributed by atoms with E-state index in [0.29, 0.717) is 19.5 Å². The lowest BCUT2D eigenvalue weighted by atomic mass is 10.3. The number of hydrogen-bond acceptors (Lipinski definition) is 6. The van der Waals surface area contributed by atoms with Crippen molar-refractivity contribution in [2.45, 2.75) is 13.0 Å². The van der Waals surface area contributed by atoms with E-state index in [1.807, 2.05) is 24.4 Å². The van der Waals surface area contributed by atoms with Gasteiger partial charge in [-0.25, -0.2) is 4.98 Å². The van der Waals surface area contributed by atoms with Gasteiger partial charge in [-0.15, -0.1) is 0 Å². The predicted octanol–water partition coefficient (Wildman–Crippen LogP) is 2.29. The highest BCUT2D eigenvalue weighted by atomic mass is 79.9. The van der Waals surface area contributed by atoms with E-state index in [1.165, 1.54) is 0 Å². The van der Waals surface area contributed by atoms with Crippen molar-refractivity contribution in [3.8, 4) is 0 Å². The van der Waals surface area contributed by atoms with E-state index in [4.69, 9.17) is 5.11 Å². The molecule has 0 aromatic carbocycles. The van der Waals surface area contributed by atoms with Gasteiger partial charge < -0.3 is 15.7 Å². The Labute approximate surface area is 141 Å². The molecule has 0 fully saturated rings. The summed E-state index contributed by atoms with van der Waals surface area (Å²) in [5.41, 5.74) is 1.81. The Hall–Kier alpha value is -2.19. The summed E-state index contributed by atoms with van der Waals surface area (Å²) in [4.78, 5) is 8.64. The molecular weight excluding hydrogens is 360 g/mol. The van der Waals surface area contributed by atoms with E-state index >= 15 is 0 Å². The Bertz CT molecular complexity index is 776. The van der Waals surface area contributed by atoms with Gasteiger partial charge in [0.15, 0.2) is 5.65 Å². The maximum atomic E-state index is 8.89. The van der Waals surface area contributed by atoms with Crippen LogP contribution in [0.3, 0.4) is 0 Å². The summed E-state index contributed by atoms with van der Waals surface area (Å²) in [5.74, 6) is 1.57. The average molecular weight is 377 g/mol. The molecule has 0 radical (unpaired) electrons. The second-order valence-corrected chi connectivity index (χ2v) is 5.83. The van der Waals surface area contributed by atoms with Gasteiger partial charge in [0.25, 0.3) is 0 Å².